The van der Waals surface area contributed by atoms with Crippen molar-refractivity contribution in [3.8, 4) is 0 Å². The molecule has 0 aliphatic rings. The van der Waals surface area contributed by atoms with Crippen molar-refractivity contribution in [1.29, 1.82) is 0 Å². The van der Waals surface area contributed by atoms with Gasteiger partial charge >= 0.3 is 5.69 Å². The van der Waals surface area contributed by atoms with Crippen LogP contribution in [0.2, 0.25) is 5.02 Å². The highest BCUT2D eigenvalue weighted by Gasteiger charge is 2.25. The van der Waals surface area contributed by atoms with Crippen LogP contribution in [0.4, 0.5) is 5.69 Å². The fraction of sp³-hybridized carbons (Fsp3) is 0.222. The summed E-state index contributed by atoms with van der Waals surface area (Å²) < 4.78 is 27.8. The zero-order chi connectivity index (χ0) is 21.0. The topological polar surface area (TPSA) is 124 Å². The van der Waals surface area contributed by atoms with Gasteiger partial charge in [-0.15, -0.1) is 0 Å². The molecule has 0 aliphatic heterocycles. The molecule has 3 rings (SSSR count). The van der Waals surface area contributed by atoms with Gasteiger partial charge in [-0.2, -0.15) is 16.5 Å². The van der Waals surface area contributed by atoms with E-state index in [0.717, 1.165) is 0 Å². The zero-order valence-electron chi connectivity index (χ0n) is 15.4. The Labute approximate surface area is 176 Å². The van der Waals surface area contributed by atoms with Gasteiger partial charge in [0.25, 0.3) is 0 Å². The van der Waals surface area contributed by atoms with Crippen LogP contribution >= 0.6 is 23.4 Å². The van der Waals surface area contributed by atoms with Crippen molar-refractivity contribution >= 4 is 56.0 Å². The second-order valence-electron chi connectivity index (χ2n) is 6.24. The van der Waals surface area contributed by atoms with E-state index in [-0.39, 0.29) is 10.6 Å². The number of benzene rings is 2. The summed E-state index contributed by atoms with van der Waals surface area (Å²) in [6.45, 7) is 0. The minimum Gasteiger partial charge on any atom is -0.325 e. The zero-order valence-corrected chi connectivity index (χ0v) is 17.7. The van der Waals surface area contributed by atoms with Gasteiger partial charge < -0.3 is 15.3 Å². The number of anilines is 1. The number of imidazole rings is 1. The second-order valence-corrected chi connectivity index (χ2v) is 9.37. The lowest BCUT2D eigenvalue weighted by molar-refractivity contribution is -0.117. The lowest BCUT2D eigenvalue weighted by atomic mass is 10.2. The number of fused-ring (bicyclic) bond motifs is 1. The lowest BCUT2D eigenvalue weighted by Crippen LogP contribution is -2.44. The quantitative estimate of drug-likeness (QED) is 0.416. The average molecular weight is 455 g/mol. The van der Waals surface area contributed by atoms with Crippen LogP contribution in [-0.4, -0.2) is 42.3 Å². The SMILES string of the molecule is CSCC[C@H](NS(=O)(=O)c1ccc(Cl)cc1)C(=O)Nc1ccc2[nH]c(=O)[nH]c2c1. The number of amides is 1. The monoisotopic (exact) mass is 454 g/mol. The molecule has 0 spiro atoms. The lowest BCUT2D eigenvalue weighted by Gasteiger charge is -2.18. The molecular formula is C18H19ClN4O4S2. The highest BCUT2D eigenvalue weighted by Crippen LogP contribution is 2.17. The number of hydrogen-bond acceptors (Lipinski definition) is 5. The van der Waals surface area contributed by atoms with Gasteiger partial charge in [0, 0.05) is 10.7 Å². The van der Waals surface area contributed by atoms with Gasteiger partial charge in [-0.05, 0) is 60.9 Å². The van der Waals surface area contributed by atoms with E-state index in [4.69, 9.17) is 11.6 Å². The summed E-state index contributed by atoms with van der Waals surface area (Å²) in [5, 5.41) is 3.12. The Morgan fingerprint density at radius 1 is 1.14 bits per heavy atom. The summed E-state index contributed by atoms with van der Waals surface area (Å²) in [5.74, 6) is 0.0968. The van der Waals surface area contributed by atoms with Gasteiger partial charge in [0.05, 0.1) is 15.9 Å². The highest BCUT2D eigenvalue weighted by molar-refractivity contribution is 7.98. The van der Waals surface area contributed by atoms with Crippen molar-refractivity contribution in [3.05, 3.63) is 58.0 Å². The first-order chi connectivity index (χ1) is 13.8. The third-order valence-corrected chi connectivity index (χ3v) is 6.52. The first-order valence-corrected chi connectivity index (χ1v) is 11.8. The number of aromatic nitrogens is 2. The Bertz CT molecular complexity index is 1170. The van der Waals surface area contributed by atoms with E-state index in [0.29, 0.717) is 33.9 Å². The van der Waals surface area contributed by atoms with E-state index in [1.165, 1.54) is 36.0 Å². The predicted octanol–water partition coefficient (Wildman–Crippen LogP) is 2.55. The molecule has 1 atom stereocenters. The van der Waals surface area contributed by atoms with Gasteiger partial charge in [-0.25, -0.2) is 13.2 Å². The molecule has 8 nitrogen and oxygen atoms in total. The minimum absolute atomic E-state index is 0.0233. The summed E-state index contributed by atoms with van der Waals surface area (Å²) >= 11 is 7.32. The minimum atomic E-state index is -3.91. The van der Waals surface area contributed by atoms with E-state index in [9.17, 15) is 18.0 Å². The van der Waals surface area contributed by atoms with Crippen molar-refractivity contribution in [1.82, 2.24) is 14.7 Å². The van der Waals surface area contributed by atoms with E-state index < -0.39 is 22.0 Å². The fourth-order valence-electron chi connectivity index (χ4n) is 2.69. The molecule has 29 heavy (non-hydrogen) atoms. The molecule has 0 unspecified atom stereocenters. The number of carbonyl (C=O) groups is 1. The molecule has 2 aromatic carbocycles. The molecule has 0 saturated heterocycles. The van der Waals surface area contributed by atoms with Crippen LogP contribution in [0.3, 0.4) is 0 Å². The van der Waals surface area contributed by atoms with Crippen LogP contribution in [0.15, 0.2) is 52.2 Å². The van der Waals surface area contributed by atoms with E-state index in [1.807, 2.05) is 6.26 Å². The maximum absolute atomic E-state index is 12.8. The average Bonchev–Trinajstić information content (AvgIpc) is 3.04. The molecule has 11 heteroatoms. The number of H-pyrrole nitrogens is 2. The molecule has 0 radical (unpaired) electrons. The van der Waals surface area contributed by atoms with Crippen LogP contribution in [0, 0.1) is 0 Å². The molecule has 1 aromatic heterocycles. The van der Waals surface area contributed by atoms with Gasteiger partial charge in [0.2, 0.25) is 15.9 Å². The molecule has 0 bridgehead atoms. The van der Waals surface area contributed by atoms with Gasteiger partial charge in [-0.1, -0.05) is 11.6 Å². The van der Waals surface area contributed by atoms with Crippen molar-refractivity contribution in [2.45, 2.75) is 17.4 Å². The van der Waals surface area contributed by atoms with Gasteiger partial charge in [-0.3, -0.25) is 4.79 Å². The molecule has 0 fully saturated rings. The Morgan fingerprint density at radius 2 is 1.83 bits per heavy atom. The van der Waals surface area contributed by atoms with Crippen molar-refractivity contribution < 1.29 is 13.2 Å². The number of rotatable bonds is 8. The number of thioether (sulfide) groups is 1. The Balaban J connectivity index is 1.79. The summed E-state index contributed by atoms with van der Waals surface area (Å²) in [7, 11) is -3.91. The highest BCUT2D eigenvalue weighted by atomic mass is 35.5. The Morgan fingerprint density at radius 3 is 2.52 bits per heavy atom. The summed E-state index contributed by atoms with van der Waals surface area (Å²) in [6.07, 6.45) is 2.18. The maximum atomic E-state index is 12.8. The normalized spacial score (nSPS) is 12.8. The van der Waals surface area contributed by atoms with E-state index >= 15 is 0 Å². The van der Waals surface area contributed by atoms with Crippen molar-refractivity contribution in [2.24, 2.45) is 0 Å². The van der Waals surface area contributed by atoms with Crippen LogP contribution in [0.5, 0.6) is 0 Å². The van der Waals surface area contributed by atoms with Gasteiger partial charge in [0.1, 0.15) is 6.04 Å². The number of hydrogen-bond donors (Lipinski definition) is 4. The standard InChI is InChI=1S/C18H19ClN4O4S2/c1-28-9-8-15(23-29(26,27)13-5-2-11(19)3-6-13)17(24)20-12-4-7-14-16(10-12)22-18(25)21-14/h2-7,10,15,23H,8-9H2,1H3,(H,20,24)(H2,21,22,25)/t15-/m0/s1. The number of nitrogens with one attached hydrogen (secondary N) is 4. The largest absolute Gasteiger partial charge is 0.325 e. The predicted molar refractivity (Wildman–Crippen MR) is 116 cm³/mol. The second kappa shape index (κ2) is 9.04. The molecular weight excluding hydrogens is 436 g/mol. The molecule has 154 valence electrons. The summed E-state index contributed by atoms with van der Waals surface area (Å²) in [6, 6.07) is 9.62. The van der Waals surface area contributed by atoms with Gasteiger partial charge in [0.15, 0.2) is 0 Å². The summed E-state index contributed by atoms with van der Waals surface area (Å²) in [4.78, 5) is 29.4. The van der Waals surface area contributed by atoms with Crippen molar-refractivity contribution in [2.75, 3.05) is 17.3 Å². The Kier molecular flexibility index (Phi) is 6.68. The smallest absolute Gasteiger partial charge is 0.323 e. The fourth-order valence-corrected chi connectivity index (χ4v) is 4.52. The van der Waals surface area contributed by atoms with Crippen molar-refractivity contribution in [3.63, 3.8) is 0 Å². The molecule has 0 aliphatic carbocycles. The maximum Gasteiger partial charge on any atom is 0.323 e. The third kappa shape index (κ3) is 5.41. The summed E-state index contributed by atoms with van der Waals surface area (Å²) in [5.41, 5.74) is 1.24. The molecule has 3 aromatic rings. The van der Waals surface area contributed by atoms with Crippen LogP contribution in [0.25, 0.3) is 11.0 Å². The number of aromatic amines is 2. The number of carbonyl (C=O) groups excluding carboxylic acids is 1. The first kappa shape index (κ1) is 21.4. The first-order valence-electron chi connectivity index (χ1n) is 8.58. The third-order valence-electron chi connectivity index (χ3n) is 4.13. The van der Waals surface area contributed by atoms with E-state index in [1.54, 1.807) is 18.2 Å². The van der Waals surface area contributed by atoms with Crippen LogP contribution in [-0.2, 0) is 14.8 Å². The number of halogens is 1. The van der Waals surface area contributed by atoms with E-state index in [2.05, 4.69) is 20.0 Å². The van der Waals surface area contributed by atoms with Crippen LogP contribution < -0.4 is 15.7 Å². The molecule has 1 heterocycles. The molecule has 0 saturated carbocycles. The van der Waals surface area contributed by atoms with Crippen LogP contribution in [0.1, 0.15) is 6.42 Å². The molecule has 1 amide bonds. The Hall–Kier alpha value is -2.27. The number of sulfonamides is 1. The molecule has 4 N–H and O–H groups in total.